The van der Waals surface area contributed by atoms with Crippen LogP contribution in [0.15, 0.2) is 77.7 Å². The van der Waals surface area contributed by atoms with Gasteiger partial charge in [-0.3, -0.25) is 72.6 Å². The molecule has 4 aromatic carbocycles. The summed E-state index contributed by atoms with van der Waals surface area (Å²) in [5.74, 6) is -11.6. The summed E-state index contributed by atoms with van der Waals surface area (Å²) in [5.41, 5.74) is 7.55. The van der Waals surface area contributed by atoms with E-state index in [0.29, 0.717) is 58.6 Å². The maximum atomic E-state index is 14.9. The zero-order chi connectivity index (χ0) is 97.7. The molecule has 1 fully saturated rings. The summed E-state index contributed by atoms with van der Waals surface area (Å²) in [4.78, 5) is 210. The van der Waals surface area contributed by atoms with Gasteiger partial charge in [0.1, 0.15) is 95.0 Å². The van der Waals surface area contributed by atoms with Crippen LogP contribution in [0.25, 0.3) is 0 Å². The van der Waals surface area contributed by atoms with Crippen molar-refractivity contribution in [1.29, 1.82) is 5.41 Å². The predicted molar refractivity (Wildman–Crippen MR) is 483 cm³/mol. The smallest absolute Gasteiger partial charge is 0.408 e. The summed E-state index contributed by atoms with van der Waals surface area (Å²) in [6, 6.07) is 5.81. The van der Waals surface area contributed by atoms with Crippen molar-refractivity contribution in [2.45, 2.75) is 277 Å². The number of carbonyl (C=O) groups is 14. The van der Waals surface area contributed by atoms with Gasteiger partial charge in [-0.25, -0.2) is 17.9 Å². The van der Waals surface area contributed by atoms with Crippen LogP contribution in [0.4, 0.5) is 10.5 Å². The van der Waals surface area contributed by atoms with Gasteiger partial charge in [-0.1, -0.05) is 64.1 Å². The molecule has 0 radical (unpaired) electrons. The molecule has 0 saturated carbocycles. The number of nitrogen functional groups attached to an aromatic ring is 1. The highest BCUT2D eigenvalue weighted by molar-refractivity contribution is 7.90. The van der Waals surface area contributed by atoms with E-state index in [1.54, 1.807) is 112 Å². The minimum Gasteiger partial charge on any atom is -0.488 e. The molecule has 0 bridgehead atoms. The standard InChI is InChI=1S/C89H130N18O23S/c1-49(2)42-65(104-84(121)69-28-23-41-106(69)71(109)47-95-80(117)67(44-57-31-35-59(36-32-57)130-107(123)124)102-76(113)55(9)98-86(122)129-88(13,14)15)79(116)94-46-70(108)99-66(43-50(3)4)83(120)103-68(45-56-29-33-58(34-30-56)127-87(10,11)12)82(119)97-54(8)75(112)100-64(81(118)101-63(78(115)96-48-72(110)111)26-20-21-39-92-77(114)61-24-18-19-25-62(61)90)27-22-40-93-85(91)105-131(125,126)74-52(6)51(5)73-60(53(74)7)37-38-89(16,17)128-73/h18-19,24-25,29-36,49-50,54-55,63-69H,20-23,26-28,37-48,90H2,1-17H3,(H,92,114)(H,94,116)(H,95,117)(H,96,115)(H,97,119)(H,98,122)(H,99,108)(H,100,112)(H,101,118)(H,102,113)(H,103,120)(H,104,121)(H,110,111)(H3,91,93,105)/t54-,55-,63-,64-,65-,66-,67-,68-,69-/m0/s1. The Bertz CT molecular complexity index is 4900. The number of guanidine groups is 1. The third-order valence-electron chi connectivity index (χ3n) is 21.1. The maximum absolute atomic E-state index is 14.9. The molecule has 6 rings (SSSR count). The van der Waals surface area contributed by atoms with Crippen molar-refractivity contribution < 1.29 is 105 Å². The van der Waals surface area contributed by atoms with Crippen LogP contribution in [-0.4, -0.2) is 223 Å². The molecule has 720 valence electrons. The molecule has 4 aromatic rings. The Morgan fingerprint density at radius 3 is 1.68 bits per heavy atom. The van der Waals surface area contributed by atoms with Crippen LogP contribution in [-0.2, 0) is 91.6 Å². The number of hydrogen-bond donors (Lipinski definition) is 17. The van der Waals surface area contributed by atoms with E-state index in [0.717, 1.165) is 5.56 Å². The second kappa shape index (κ2) is 48.6. The molecule has 0 aliphatic carbocycles. The van der Waals surface area contributed by atoms with Crippen molar-refractivity contribution in [2.75, 3.05) is 45.0 Å². The van der Waals surface area contributed by atoms with Gasteiger partial charge in [0.15, 0.2) is 0 Å². The van der Waals surface area contributed by atoms with Crippen LogP contribution in [0.1, 0.15) is 205 Å². The first-order valence-electron chi connectivity index (χ1n) is 43.6. The number of fused-ring (bicyclic) bond motifs is 1. The fourth-order valence-corrected chi connectivity index (χ4v) is 16.0. The SMILES string of the molecule is Cc1c(C)c(S(=O)(=O)NC(=N)NCCC[C@H](NC(=O)[C@H](C)NC(=O)[C@H](Cc2ccc(OC(C)(C)C)cc2)NC(=O)[C@H](CC(C)C)NC(=O)CNC(=O)[C@H](CC(C)C)NC(=O)[C@@H]2CCCN2C(=O)CNC(=O)[C@H](Cc2ccc(O[N+](=O)[O-])cc2)NC(=O)[C@H](C)NC(=O)OC(C)(C)C)C(=O)N[C@@H](CCCCNC(=O)c2ccccc2N)C(=O)NCC(=O)O)c(C)c2c1OC(C)(C)CC2. The van der Waals surface area contributed by atoms with Gasteiger partial charge in [0, 0.05) is 38.2 Å². The van der Waals surface area contributed by atoms with E-state index in [4.69, 9.17) is 25.4 Å². The van der Waals surface area contributed by atoms with E-state index in [2.05, 4.69) is 78.7 Å². The largest absolute Gasteiger partial charge is 0.488 e. The summed E-state index contributed by atoms with van der Waals surface area (Å²) in [6.07, 6.45) is 0.228. The first-order chi connectivity index (χ1) is 61.2. The van der Waals surface area contributed by atoms with Crippen molar-refractivity contribution in [3.63, 3.8) is 0 Å². The van der Waals surface area contributed by atoms with Crippen LogP contribution in [0.3, 0.4) is 0 Å². The molecule has 2 aliphatic heterocycles. The third-order valence-corrected chi connectivity index (χ3v) is 22.7. The normalized spacial score (nSPS) is 15.3. The first kappa shape index (κ1) is 107. The van der Waals surface area contributed by atoms with Crippen molar-refractivity contribution in [3.05, 3.63) is 122 Å². The number of carboxylic acid groups (broad SMARTS) is 1. The molecule has 2 aliphatic rings. The number of nitrogens with one attached hydrogen (secondary N) is 15. The molecule has 1 saturated heterocycles. The van der Waals surface area contributed by atoms with E-state index in [1.807, 2.05) is 34.6 Å². The molecule has 13 amide bonds. The van der Waals surface area contributed by atoms with Crippen molar-refractivity contribution >= 4 is 105 Å². The number of anilines is 1. The molecular weight excluding hydrogens is 1720 g/mol. The number of nitrogens with zero attached hydrogens (tertiary/aromatic N) is 2. The molecule has 0 unspecified atom stereocenters. The van der Waals surface area contributed by atoms with Gasteiger partial charge in [0.2, 0.25) is 70.9 Å². The molecule has 41 nitrogen and oxygen atoms in total. The number of carbonyl (C=O) groups excluding carboxylic acids is 13. The maximum Gasteiger partial charge on any atom is 0.408 e. The molecular formula is C89H130N18O23S. The summed E-state index contributed by atoms with van der Waals surface area (Å²) in [6.45, 7) is 26.8. The van der Waals surface area contributed by atoms with E-state index in [9.17, 15) is 90.8 Å². The molecule has 0 aromatic heterocycles. The van der Waals surface area contributed by atoms with Gasteiger partial charge in [0.25, 0.3) is 21.0 Å². The minimum absolute atomic E-state index is 0.0267. The second-order valence-corrected chi connectivity index (χ2v) is 37.7. The third kappa shape index (κ3) is 35.1. The summed E-state index contributed by atoms with van der Waals surface area (Å²) in [7, 11) is -4.41. The highest BCUT2D eigenvalue weighted by Gasteiger charge is 2.40. The average molecular weight is 1850 g/mol. The summed E-state index contributed by atoms with van der Waals surface area (Å²) in [5, 5.41) is 61.8. The lowest BCUT2D eigenvalue weighted by Gasteiger charge is -2.35. The van der Waals surface area contributed by atoms with Crippen LogP contribution >= 0.6 is 0 Å². The highest BCUT2D eigenvalue weighted by Crippen LogP contribution is 2.42. The Balaban J connectivity index is 1.17. The molecule has 2 heterocycles. The lowest BCUT2D eigenvalue weighted by molar-refractivity contribution is -0.711. The Morgan fingerprint density at radius 2 is 1.09 bits per heavy atom. The Morgan fingerprint density at radius 1 is 0.588 bits per heavy atom. The van der Waals surface area contributed by atoms with Crippen LogP contribution in [0, 0.1) is 48.1 Å². The van der Waals surface area contributed by atoms with Gasteiger partial charge >= 0.3 is 12.1 Å². The number of carboxylic acids is 1. The van der Waals surface area contributed by atoms with Crippen molar-refractivity contribution in [2.24, 2.45) is 11.8 Å². The number of hydrogen-bond acceptors (Lipinski definition) is 24. The molecule has 131 heavy (non-hydrogen) atoms. The number of nitrogens with two attached hydrogens (primary N) is 1. The fraction of sp³-hybridized carbons (Fsp3) is 0.562. The first-order valence-corrected chi connectivity index (χ1v) is 45.1. The number of benzene rings is 4. The number of likely N-dealkylation sites (tertiary alicyclic amines) is 1. The van der Waals surface area contributed by atoms with Crippen molar-refractivity contribution in [1.82, 2.24) is 78.7 Å². The number of para-hydroxylation sites is 1. The number of rotatable bonds is 46. The Labute approximate surface area is 763 Å². The van der Waals surface area contributed by atoms with Crippen LogP contribution < -0.4 is 93.9 Å². The number of ether oxygens (including phenoxy) is 3. The number of aliphatic carboxylic acids is 1. The van der Waals surface area contributed by atoms with Gasteiger partial charge < -0.3 is 99.1 Å². The minimum atomic E-state index is -4.41. The van der Waals surface area contributed by atoms with E-state index < -0.39 is 195 Å². The van der Waals surface area contributed by atoms with Crippen LogP contribution in [0.5, 0.6) is 17.2 Å². The highest BCUT2D eigenvalue weighted by atomic mass is 32.2. The fourth-order valence-electron chi connectivity index (χ4n) is 14.5. The number of unbranched alkanes of at least 4 members (excludes halogenated alkanes) is 1. The monoisotopic (exact) mass is 1850 g/mol. The van der Waals surface area contributed by atoms with E-state index >= 15 is 0 Å². The lowest BCUT2D eigenvalue weighted by atomic mass is 9.88. The Hall–Kier alpha value is -12.9. The van der Waals surface area contributed by atoms with Gasteiger partial charge in [-0.05, 0) is 242 Å². The average Bonchev–Trinajstić information content (AvgIpc) is 0.937. The zero-order valence-electron chi connectivity index (χ0n) is 77.5. The molecule has 18 N–H and O–H groups in total. The summed E-state index contributed by atoms with van der Waals surface area (Å²) >= 11 is 0. The van der Waals surface area contributed by atoms with Crippen molar-refractivity contribution in [3.8, 4) is 17.2 Å². The van der Waals surface area contributed by atoms with E-state index in [1.165, 1.54) is 49.1 Å². The predicted octanol–water partition coefficient (Wildman–Crippen LogP) is 3.56. The number of alkyl carbamates (subject to hydrolysis) is 1. The number of amides is 13. The van der Waals surface area contributed by atoms with Gasteiger partial charge in [-0.2, -0.15) is 0 Å². The Kier molecular flexibility index (Phi) is 39.7. The molecule has 0 spiro atoms. The summed E-state index contributed by atoms with van der Waals surface area (Å²) < 4.78 is 48.2. The lowest BCUT2D eigenvalue weighted by Crippen LogP contribution is -2.59. The quantitative estimate of drug-likeness (QED) is 0.00751. The molecule has 9 atom stereocenters. The molecule has 42 heteroatoms. The zero-order valence-corrected chi connectivity index (χ0v) is 78.3. The van der Waals surface area contributed by atoms with E-state index in [-0.39, 0.29) is 118 Å². The second-order valence-electron chi connectivity index (χ2n) is 36.1. The van der Waals surface area contributed by atoms with Gasteiger partial charge in [0.05, 0.1) is 23.5 Å². The number of sulfonamides is 1. The van der Waals surface area contributed by atoms with Gasteiger partial charge in [-0.15, -0.1) is 10.1 Å². The van der Waals surface area contributed by atoms with Crippen LogP contribution in [0.2, 0.25) is 0 Å². The topological polar surface area (TPSA) is 595 Å².